The Morgan fingerprint density at radius 2 is 1.45 bits per heavy atom. The monoisotopic (exact) mass is 608 g/mol. The largest absolute Gasteiger partial charge is 0.358 e. The molecule has 2 aromatic rings. The molecule has 0 spiro atoms. The lowest BCUT2D eigenvalue weighted by atomic mass is 9.73. The normalized spacial score (nSPS) is 22.6. The van der Waals surface area contributed by atoms with Gasteiger partial charge in [-0.2, -0.15) is 16.8 Å². The van der Waals surface area contributed by atoms with E-state index in [1.807, 2.05) is 39.8 Å². The minimum atomic E-state index is -4.31. The molecule has 0 unspecified atom stereocenters. The number of nitrogens with one attached hydrogen (secondary N) is 1. The summed E-state index contributed by atoms with van der Waals surface area (Å²) in [6.07, 6.45) is 12.1. The number of rotatable bonds is 5. The van der Waals surface area contributed by atoms with Crippen molar-refractivity contribution in [3.05, 3.63) is 94.7 Å². The first-order chi connectivity index (χ1) is 19.3. The minimum absolute atomic E-state index is 0.00893. The summed E-state index contributed by atoms with van der Waals surface area (Å²) in [6.45, 7) is 12.5. The summed E-state index contributed by atoms with van der Waals surface area (Å²) in [5.74, 6) is 0. The molecule has 3 N–H and O–H groups in total. The van der Waals surface area contributed by atoms with Gasteiger partial charge in [0.05, 0.1) is 21.2 Å². The van der Waals surface area contributed by atoms with Crippen molar-refractivity contribution < 1.29 is 25.9 Å². The Hall–Kier alpha value is -3.31. The Balaban J connectivity index is 1.42. The van der Waals surface area contributed by atoms with Gasteiger partial charge in [0.1, 0.15) is 0 Å². The third kappa shape index (κ3) is 5.68. The van der Waals surface area contributed by atoms with Crippen molar-refractivity contribution in [1.29, 1.82) is 0 Å². The van der Waals surface area contributed by atoms with E-state index in [2.05, 4.69) is 37.4 Å². The summed E-state index contributed by atoms with van der Waals surface area (Å²) in [5.41, 5.74) is 6.06. The predicted molar refractivity (Wildman–Crippen MR) is 166 cm³/mol. The molecule has 0 bridgehead atoms. The van der Waals surface area contributed by atoms with Crippen molar-refractivity contribution in [2.24, 2.45) is 10.4 Å². The molecular weight excluding hydrogens is 572 g/mol. The molecule has 3 aliphatic rings. The molecule has 2 aromatic carbocycles. The highest BCUT2D eigenvalue weighted by atomic mass is 32.2. The number of anilines is 1. The lowest BCUT2D eigenvalue weighted by Gasteiger charge is -2.31. The van der Waals surface area contributed by atoms with E-state index in [0.29, 0.717) is 5.69 Å². The summed E-state index contributed by atoms with van der Waals surface area (Å²) in [5, 5.41) is 3.38. The van der Waals surface area contributed by atoms with Crippen LogP contribution in [0.3, 0.4) is 0 Å². The van der Waals surface area contributed by atoms with Gasteiger partial charge in [-0.05, 0) is 89.1 Å². The van der Waals surface area contributed by atoms with Gasteiger partial charge in [-0.3, -0.25) is 14.1 Å². The summed E-state index contributed by atoms with van der Waals surface area (Å²) >= 11 is 0. The SMILES string of the molecule is CC1(C)CC(C=CC=C2Nc3ccc(S(=O)(=O)O)cc3C2(C)C)=C/C(=C/C2=Nc3ccc(S(=O)(=O)O)cc3C2(C)C)C1. The van der Waals surface area contributed by atoms with Crippen LogP contribution in [0.1, 0.15) is 65.5 Å². The molecule has 0 aromatic heterocycles. The third-order valence-electron chi connectivity index (χ3n) is 8.36. The van der Waals surface area contributed by atoms with E-state index in [9.17, 15) is 25.9 Å². The second-order valence-corrected chi connectivity index (χ2v) is 15.9. The van der Waals surface area contributed by atoms with Crippen molar-refractivity contribution >= 4 is 37.3 Å². The van der Waals surface area contributed by atoms with Crippen LogP contribution in [0.15, 0.2) is 98.4 Å². The highest BCUT2D eigenvalue weighted by Gasteiger charge is 2.37. The fraction of sp³-hybridized carbons (Fsp3) is 0.344. The molecule has 2 heterocycles. The van der Waals surface area contributed by atoms with E-state index in [-0.39, 0.29) is 15.2 Å². The number of fused-ring (bicyclic) bond motifs is 2. The molecule has 2 aliphatic heterocycles. The maximum absolute atomic E-state index is 11.7. The van der Waals surface area contributed by atoms with E-state index < -0.39 is 31.1 Å². The van der Waals surface area contributed by atoms with E-state index in [1.54, 1.807) is 12.1 Å². The van der Waals surface area contributed by atoms with Gasteiger partial charge in [-0.25, -0.2) is 0 Å². The lowest BCUT2D eigenvalue weighted by molar-refractivity contribution is 0.355. The van der Waals surface area contributed by atoms with Gasteiger partial charge in [-0.1, -0.05) is 59.8 Å². The number of benzene rings is 2. The summed E-state index contributed by atoms with van der Waals surface area (Å²) in [6, 6.07) is 9.08. The fourth-order valence-corrected chi connectivity index (χ4v) is 7.06. The molecule has 10 heteroatoms. The van der Waals surface area contributed by atoms with Crippen LogP contribution < -0.4 is 5.32 Å². The van der Waals surface area contributed by atoms with E-state index in [0.717, 1.165) is 52.2 Å². The quantitative estimate of drug-likeness (QED) is 0.310. The van der Waals surface area contributed by atoms with Gasteiger partial charge in [-0.15, -0.1) is 0 Å². The van der Waals surface area contributed by atoms with Crippen molar-refractivity contribution in [3.63, 3.8) is 0 Å². The Labute approximate surface area is 248 Å². The highest BCUT2D eigenvalue weighted by Crippen LogP contribution is 2.45. The number of allylic oxidation sites excluding steroid dienone is 8. The fourth-order valence-electron chi connectivity index (χ4n) is 6.05. The first-order valence-electron chi connectivity index (χ1n) is 13.7. The highest BCUT2D eigenvalue weighted by molar-refractivity contribution is 7.86. The second kappa shape index (κ2) is 9.87. The number of hydrogen-bond acceptors (Lipinski definition) is 6. The molecule has 42 heavy (non-hydrogen) atoms. The van der Waals surface area contributed by atoms with Crippen LogP contribution in [0.4, 0.5) is 11.4 Å². The molecule has 5 rings (SSSR count). The molecule has 0 saturated heterocycles. The van der Waals surface area contributed by atoms with Crippen molar-refractivity contribution in [2.45, 2.75) is 75.0 Å². The van der Waals surface area contributed by atoms with Crippen LogP contribution >= 0.6 is 0 Å². The zero-order valence-electron chi connectivity index (χ0n) is 24.6. The molecule has 0 atom stereocenters. The topological polar surface area (TPSA) is 133 Å². The molecule has 0 saturated carbocycles. The zero-order chi connectivity index (χ0) is 30.9. The first kappa shape index (κ1) is 30.2. The van der Waals surface area contributed by atoms with Crippen LogP contribution in [0, 0.1) is 5.41 Å². The van der Waals surface area contributed by atoms with E-state index in [1.165, 1.54) is 24.3 Å². The van der Waals surface area contributed by atoms with Gasteiger partial charge in [0, 0.05) is 22.2 Å². The molecule has 0 fully saturated rings. The number of aliphatic imine (C=N–C) groups is 1. The molecule has 222 valence electrons. The van der Waals surface area contributed by atoms with Gasteiger partial charge in [0.2, 0.25) is 0 Å². The van der Waals surface area contributed by atoms with Crippen molar-refractivity contribution in [2.75, 3.05) is 5.32 Å². The minimum Gasteiger partial charge on any atom is -0.358 e. The lowest BCUT2D eigenvalue weighted by Crippen LogP contribution is -2.25. The molecule has 1 aliphatic carbocycles. The van der Waals surface area contributed by atoms with Crippen LogP contribution in [0.2, 0.25) is 0 Å². The second-order valence-electron chi connectivity index (χ2n) is 13.1. The zero-order valence-corrected chi connectivity index (χ0v) is 26.2. The van der Waals surface area contributed by atoms with E-state index >= 15 is 0 Å². The Morgan fingerprint density at radius 1 is 0.833 bits per heavy atom. The number of hydrogen-bond donors (Lipinski definition) is 3. The van der Waals surface area contributed by atoms with Crippen LogP contribution in [0.25, 0.3) is 0 Å². The van der Waals surface area contributed by atoms with Gasteiger partial charge >= 0.3 is 0 Å². The molecule has 0 radical (unpaired) electrons. The summed E-state index contributed by atoms with van der Waals surface area (Å²) in [7, 11) is -8.61. The maximum atomic E-state index is 11.7. The van der Waals surface area contributed by atoms with Crippen LogP contribution in [-0.4, -0.2) is 31.7 Å². The smallest absolute Gasteiger partial charge is 0.294 e. The third-order valence-corrected chi connectivity index (χ3v) is 10.1. The molecule has 8 nitrogen and oxygen atoms in total. The standard InChI is InChI=1S/C32H36N2O6S2/c1-30(2)18-20(8-7-9-28-31(3,4)24-16-22(41(35,36)37)10-12-26(24)33-28)14-21(19-30)15-29-32(5,6)25-17-23(42(38,39)40)11-13-27(25)34-29/h7-17,33H,18-19H2,1-6H3,(H,35,36,37)(H,38,39,40)/b8-7?,21-15-,28-9?. The molecular formula is C32H36N2O6S2. The Bertz CT molecular complexity index is 1870. The Kier molecular flexibility index (Phi) is 7.09. The van der Waals surface area contributed by atoms with Gasteiger partial charge < -0.3 is 5.32 Å². The number of nitrogens with zero attached hydrogens (tertiary/aromatic N) is 1. The maximum Gasteiger partial charge on any atom is 0.294 e. The van der Waals surface area contributed by atoms with Crippen molar-refractivity contribution in [1.82, 2.24) is 0 Å². The summed E-state index contributed by atoms with van der Waals surface area (Å²) < 4.78 is 65.8. The van der Waals surface area contributed by atoms with Crippen LogP contribution in [0.5, 0.6) is 0 Å². The average Bonchev–Trinajstić information content (AvgIpc) is 3.25. The predicted octanol–water partition coefficient (Wildman–Crippen LogP) is 7.06. The van der Waals surface area contributed by atoms with Gasteiger partial charge in [0.15, 0.2) is 0 Å². The van der Waals surface area contributed by atoms with Crippen LogP contribution in [-0.2, 0) is 31.1 Å². The Morgan fingerprint density at radius 3 is 2.10 bits per heavy atom. The summed E-state index contributed by atoms with van der Waals surface area (Å²) in [4.78, 5) is 4.55. The van der Waals surface area contributed by atoms with E-state index in [4.69, 9.17) is 4.99 Å². The average molecular weight is 609 g/mol. The van der Waals surface area contributed by atoms with Crippen molar-refractivity contribution in [3.8, 4) is 0 Å². The van der Waals surface area contributed by atoms with Gasteiger partial charge in [0.25, 0.3) is 20.2 Å². The first-order valence-corrected chi connectivity index (χ1v) is 16.6. The molecule has 0 amide bonds.